The Kier molecular flexibility index (Phi) is 6.27. The number of carbonyl (C=O) groups is 5. The van der Waals surface area contributed by atoms with Crippen molar-refractivity contribution >= 4 is 46.7 Å². The zero-order chi connectivity index (χ0) is 22.8. The first-order valence-corrected chi connectivity index (χ1v) is 11.3. The van der Waals surface area contributed by atoms with Crippen LogP contribution >= 0.6 is 11.8 Å². The van der Waals surface area contributed by atoms with E-state index < -0.39 is 17.1 Å². The number of nitrogens with zero attached hydrogens (tertiary/aromatic N) is 2. The van der Waals surface area contributed by atoms with Crippen LogP contribution in [-0.2, 0) is 19.2 Å². The van der Waals surface area contributed by atoms with Crippen molar-refractivity contribution in [3.05, 3.63) is 52.4 Å². The van der Waals surface area contributed by atoms with E-state index in [9.17, 15) is 24.0 Å². The molecule has 0 aromatic heterocycles. The fourth-order valence-corrected chi connectivity index (χ4v) is 4.90. The molecule has 2 aliphatic heterocycles. The van der Waals surface area contributed by atoms with Gasteiger partial charge >= 0.3 is 0 Å². The lowest BCUT2D eigenvalue weighted by Crippen LogP contribution is -2.43. The summed E-state index contributed by atoms with van der Waals surface area (Å²) in [5.41, 5.74) is 1.92. The zero-order valence-corrected chi connectivity index (χ0v) is 18.4. The van der Waals surface area contributed by atoms with Crippen molar-refractivity contribution in [3.8, 4) is 0 Å². The Morgan fingerprint density at radius 1 is 1.03 bits per heavy atom. The van der Waals surface area contributed by atoms with E-state index in [0.29, 0.717) is 17.7 Å². The van der Waals surface area contributed by atoms with E-state index in [1.54, 1.807) is 6.08 Å². The molecule has 2 unspecified atom stereocenters. The Morgan fingerprint density at radius 2 is 1.66 bits per heavy atom. The molecule has 2 fully saturated rings. The minimum atomic E-state index is -0.500. The Morgan fingerprint density at radius 3 is 2.28 bits per heavy atom. The Bertz CT molecular complexity index is 1020. The molecular weight excluding hydrogens is 430 g/mol. The van der Waals surface area contributed by atoms with E-state index in [1.165, 1.54) is 0 Å². The maximum absolute atomic E-state index is 12.6. The fraction of sp³-hybridized carbons (Fsp3) is 0.348. The first-order valence-electron chi connectivity index (χ1n) is 10.4. The van der Waals surface area contributed by atoms with Crippen LogP contribution in [0.2, 0.25) is 0 Å². The van der Waals surface area contributed by atoms with Gasteiger partial charge in [-0.1, -0.05) is 42.0 Å². The molecule has 5 amide bonds. The molecule has 32 heavy (non-hydrogen) atoms. The average molecular weight is 454 g/mol. The first kappa shape index (κ1) is 22.0. The molecule has 0 bridgehead atoms. The van der Waals surface area contributed by atoms with Crippen LogP contribution in [-0.4, -0.2) is 58.3 Å². The van der Waals surface area contributed by atoms with Crippen LogP contribution in [0.15, 0.2) is 41.3 Å². The fourth-order valence-electron chi connectivity index (χ4n) is 4.04. The lowest BCUT2D eigenvalue weighted by Gasteiger charge is -2.16. The number of benzene rings is 1. The quantitative estimate of drug-likeness (QED) is 0.402. The molecule has 1 aliphatic carbocycles. The molecule has 2 atom stereocenters. The number of fused-ring (bicyclic) bond motifs is 1. The van der Waals surface area contributed by atoms with Gasteiger partial charge in [-0.15, -0.1) is 0 Å². The summed E-state index contributed by atoms with van der Waals surface area (Å²) < 4.78 is 0. The van der Waals surface area contributed by atoms with Crippen molar-refractivity contribution < 1.29 is 24.0 Å². The van der Waals surface area contributed by atoms with E-state index in [1.807, 2.05) is 43.3 Å². The summed E-state index contributed by atoms with van der Waals surface area (Å²) in [5, 5.41) is 2.20. The second kappa shape index (κ2) is 9.12. The third-order valence-electron chi connectivity index (χ3n) is 5.81. The maximum atomic E-state index is 12.6. The van der Waals surface area contributed by atoms with Gasteiger partial charge in [0.05, 0.1) is 16.7 Å². The van der Waals surface area contributed by atoms with Crippen LogP contribution in [0.3, 0.4) is 0 Å². The lowest BCUT2D eigenvalue weighted by atomic mass is 9.85. The zero-order valence-electron chi connectivity index (χ0n) is 17.6. The summed E-state index contributed by atoms with van der Waals surface area (Å²) in [6.45, 7) is 1.67. The number of nitrogens with one attached hydrogen (secondary N) is 1. The molecule has 9 heteroatoms. The van der Waals surface area contributed by atoms with Crippen LogP contribution < -0.4 is 5.32 Å². The van der Waals surface area contributed by atoms with Gasteiger partial charge in [-0.25, -0.2) is 0 Å². The van der Waals surface area contributed by atoms with E-state index in [0.717, 1.165) is 32.7 Å². The van der Waals surface area contributed by atoms with E-state index in [-0.39, 0.29) is 43.3 Å². The largest absolute Gasteiger partial charge is 0.353 e. The first-order chi connectivity index (χ1) is 15.3. The Hall–Kier alpha value is -3.20. The summed E-state index contributed by atoms with van der Waals surface area (Å²) in [4.78, 5) is 64.4. The number of carbonyl (C=O) groups excluding carboxylic acids is 5. The third-order valence-corrected chi connectivity index (χ3v) is 6.71. The summed E-state index contributed by atoms with van der Waals surface area (Å²) >= 11 is 0.860. The number of likely N-dealkylation sites (tertiary alicyclic amines) is 1. The second-order valence-electron chi connectivity index (χ2n) is 8.01. The highest BCUT2D eigenvalue weighted by Crippen LogP contribution is 2.35. The van der Waals surface area contributed by atoms with Crippen LogP contribution in [0.5, 0.6) is 0 Å². The molecule has 1 N–H and O–H groups in total. The number of hydrogen-bond acceptors (Lipinski definition) is 6. The number of aryl methyl sites for hydroxylation is 1. The van der Waals surface area contributed by atoms with E-state index in [2.05, 4.69) is 5.32 Å². The second-order valence-corrected chi connectivity index (χ2v) is 9.01. The van der Waals surface area contributed by atoms with E-state index in [4.69, 9.17) is 0 Å². The molecule has 0 radical (unpaired) electrons. The maximum Gasteiger partial charge on any atom is 0.293 e. The number of allylic oxidation sites excluding steroid dienone is 2. The molecule has 0 spiro atoms. The highest BCUT2D eigenvalue weighted by Gasteiger charge is 2.47. The number of thioether (sulfide) groups is 1. The van der Waals surface area contributed by atoms with Crippen LogP contribution in [0.25, 0.3) is 6.08 Å². The van der Waals surface area contributed by atoms with Crippen LogP contribution in [0.1, 0.15) is 24.0 Å². The van der Waals surface area contributed by atoms with Crippen molar-refractivity contribution in [3.63, 3.8) is 0 Å². The summed E-state index contributed by atoms with van der Waals surface area (Å²) in [6.07, 6.45) is 6.48. The van der Waals surface area contributed by atoms with Crippen molar-refractivity contribution in [2.24, 2.45) is 11.8 Å². The van der Waals surface area contributed by atoms with Gasteiger partial charge in [0.25, 0.3) is 11.1 Å². The lowest BCUT2D eigenvalue weighted by molar-refractivity contribution is -0.143. The topological polar surface area (TPSA) is 104 Å². The molecular formula is C23H23N3O5S. The Labute approximate surface area is 189 Å². The van der Waals surface area contributed by atoms with Gasteiger partial charge in [-0.05, 0) is 43.2 Å². The predicted octanol–water partition coefficient (Wildman–Crippen LogP) is 2.10. The predicted molar refractivity (Wildman–Crippen MR) is 119 cm³/mol. The number of rotatable bonds is 6. The standard InChI is InChI=1S/C23H23N3O5S/c1-14-6-8-15(9-7-14)12-18-22(30)25(23(31)32-18)11-10-24-19(27)13-26-20(28)16-4-2-3-5-17(16)21(26)29/h2-3,6-9,12,16-17H,4-5,10-11,13H2,1H3,(H,24,27). The van der Waals surface area contributed by atoms with Gasteiger partial charge in [0.1, 0.15) is 6.54 Å². The number of amides is 5. The van der Waals surface area contributed by atoms with Gasteiger partial charge < -0.3 is 5.32 Å². The van der Waals surface area contributed by atoms with Crippen molar-refractivity contribution in [2.45, 2.75) is 19.8 Å². The molecule has 2 heterocycles. The van der Waals surface area contributed by atoms with Gasteiger partial charge in [0.2, 0.25) is 17.7 Å². The van der Waals surface area contributed by atoms with Crippen molar-refractivity contribution in [2.75, 3.05) is 19.6 Å². The molecule has 1 aromatic rings. The summed E-state index contributed by atoms with van der Waals surface area (Å²) in [7, 11) is 0. The number of imide groups is 2. The van der Waals surface area contributed by atoms with Gasteiger partial charge in [-0.2, -0.15) is 0 Å². The highest BCUT2D eigenvalue weighted by atomic mass is 32.2. The Balaban J connectivity index is 1.29. The molecule has 8 nitrogen and oxygen atoms in total. The minimum Gasteiger partial charge on any atom is -0.353 e. The van der Waals surface area contributed by atoms with Gasteiger partial charge in [0, 0.05) is 13.1 Å². The van der Waals surface area contributed by atoms with Gasteiger partial charge in [0.15, 0.2) is 0 Å². The molecule has 3 aliphatic rings. The number of hydrogen-bond donors (Lipinski definition) is 1. The molecule has 166 valence electrons. The van der Waals surface area contributed by atoms with Crippen LogP contribution in [0, 0.1) is 18.8 Å². The van der Waals surface area contributed by atoms with Crippen LogP contribution in [0.4, 0.5) is 4.79 Å². The molecule has 1 aromatic carbocycles. The summed E-state index contributed by atoms with van der Waals surface area (Å²) in [5.74, 6) is -2.29. The molecule has 2 saturated heterocycles. The minimum absolute atomic E-state index is 0.0126. The van der Waals surface area contributed by atoms with Crippen molar-refractivity contribution in [1.29, 1.82) is 0 Å². The third kappa shape index (κ3) is 4.38. The molecule has 0 saturated carbocycles. The SMILES string of the molecule is Cc1ccc(C=C2SC(=O)N(CCNC(=O)CN3C(=O)C4CC=CCC4C3=O)C2=O)cc1. The monoisotopic (exact) mass is 453 g/mol. The molecule has 4 rings (SSSR count). The van der Waals surface area contributed by atoms with Crippen molar-refractivity contribution in [1.82, 2.24) is 15.1 Å². The average Bonchev–Trinajstić information content (AvgIpc) is 3.18. The van der Waals surface area contributed by atoms with E-state index >= 15 is 0 Å². The van der Waals surface area contributed by atoms with Gasteiger partial charge in [-0.3, -0.25) is 33.8 Å². The highest BCUT2D eigenvalue weighted by molar-refractivity contribution is 8.18. The summed E-state index contributed by atoms with van der Waals surface area (Å²) in [6, 6.07) is 7.59. The smallest absolute Gasteiger partial charge is 0.293 e. The normalized spacial score (nSPS) is 24.0.